The van der Waals surface area contributed by atoms with Crippen LogP contribution in [0.1, 0.15) is 47.5 Å². The van der Waals surface area contributed by atoms with Crippen molar-refractivity contribution in [3.05, 3.63) is 0 Å². The Bertz CT molecular complexity index is 226. The van der Waals surface area contributed by atoms with Crippen LogP contribution in [0.25, 0.3) is 0 Å². The lowest BCUT2D eigenvalue weighted by molar-refractivity contribution is -0.141. The van der Waals surface area contributed by atoms with Gasteiger partial charge in [-0.2, -0.15) is 0 Å². The molecule has 0 N–H and O–H groups in total. The van der Waals surface area contributed by atoms with Crippen LogP contribution in [0.3, 0.4) is 0 Å². The van der Waals surface area contributed by atoms with E-state index in [0.29, 0.717) is 6.54 Å². The Morgan fingerprint density at radius 3 is 2.07 bits per heavy atom. The van der Waals surface area contributed by atoms with Gasteiger partial charge in [-0.1, -0.05) is 20.8 Å². The minimum absolute atomic E-state index is 0.0124. The zero-order valence-electron chi connectivity index (χ0n) is 10.5. The lowest BCUT2D eigenvalue weighted by atomic mass is 10.1. The predicted molar refractivity (Wildman–Crippen MR) is 61.6 cm³/mol. The number of hydrogen-bond donors (Lipinski definition) is 0. The molecule has 3 nitrogen and oxygen atoms in total. The van der Waals surface area contributed by atoms with Crippen molar-refractivity contribution in [2.75, 3.05) is 6.54 Å². The van der Waals surface area contributed by atoms with E-state index >= 15 is 0 Å². The standard InChI is InChI=1S/C12H23NO2/c1-6-8-13(10(4)11(5)14)12(15)9(3)7-2/h9-10H,6-8H2,1-5H3. The molecule has 15 heavy (non-hydrogen) atoms. The first-order valence-electron chi connectivity index (χ1n) is 5.76. The van der Waals surface area contributed by atoms with Gasteiger partial charge in [0.15, 0.2) is 5.78 Å². The molecule has 2 atom stereocenters. The third kappa shape index (κ3) is 4.02. The van der Waals surface area contributed by atoms with Crippen molar-refractivity contribution in [2.45, 2.75) is 53.5 Å². The summed E-state index contributed by atoms with van der Waals surface area (Å²) >= 11 is 0. The van der Waals surface area contributed by atoms with E-state index in [-0.39, 0.29) is 23.7 Å². The fourth-order valence-electron chi connectivity index (χ4n) is 1.41. The molecule has 1 amide bonds. The van der Waals surface area contributed by atoms with E-state index < -0.39 is 0 Å². The first-order valence-corrected chi connectivity index (χ1v) is 5.76. The first-order chi connectivity index (χ1) is 6.95. The number of nitrogens with zero attached hydrogens (tertiary/aromatic N) is 1. The lowest BCUT2D eigenvalue weighted by Gasteiger charge is -2.29. The third-order valence-electron chi connectivity index (χ3n) is 2.84. The molecule has 0 aliphatic heterocycles. The second-order valence-electron chi connectivity index (χ2n) is 4.13. The molecule has 0 heterocycles. The van der Waals surface area contributed by atoms with Gasteiger partial charge in [-0.15, -0.1) is 0 Å². The molecule has 0 saturated heterocycles. The highest BCUT2D eigenvalue weighted by Crippen LogP contribution is 2.11. The first kappa shape index (κ1) is 14.1. The van der Waals surface area contributed by atoms with Crippen molar-refractivity contribution >= 4 is 11.7 Å². The summed E-state index contributed by atoms with van der Waals surface area (Å²) in [5, 5.41) is 0. The van der Waals surface area contributed by atoms with Crippen LogP contribution in [0.2, 0.25) is 0 Å². The summed E-state index contributed by atoms with van der Waals surface area (Å²) in [6.07, 6.45) is 1.71. The smallest absolute Gasteiger partial charge is 0.225 e. The van der Waals surface area contributed by atoms with Gasteiger partial charge in [0.2, 0.25) is 5.91 Å². The van der Waals surface area contributed by atoms with E-state index in [1.54, 1.807) is 11.8 Å². The molecular formula is C12H23NO2. The summed E-state index contributed by atoms with van der Waals surface area (Å²) in [6.45, 7) is 9.94. The highest BCUT2D eigenvalue weighted by molar-refractivity contribution is 5.87. The molecule has 0 fully saturated rings. The fourth-order valence-corrected chi connectivity index (χ4v) is 1.41. The highest BCUT2D eigenvalue weighted by Gasteiger charge is 2.25. The Hall–Kier alpha value is -0.860. The van der Waals surface area contributed by atoms with Crippen LogP contribution in [0.15, 0.2) is 0 Å². The third-order valence-corrected chi connectivity index (χ3v) is 2.84. The molecule has 0 aromatic rings. The molecule has 0 aliphatic carbocycles. The summed E-state index contributed by atoms with van der Waals surface area (Å²) < 4.78 is 0. The number of hydrogen-bond acceptors (Lipinski definition) is 2. The maximum absolute atomic E-state index is 12.0. The average Bonchev–Trinajstić information content (AvgIpc) is 2.22. The van der Waals surface area contributed by atoms with Crippen molar-refractivity contribution in [3.63, 3.8) is 0 Å². The quantitative estimate of drug-likeness (QED) is 0.678. The number of rotatable bonds is 6. The molecule has 0 rings (SSSR count). The van der Waals surface area contributed by atoms with Gasteiger partial charge in [-0.25, -0.2) is 0 Å². The van der Waals surface area contributed by atoms with Crippen molar-refractivity contribution in [1.82, 2.24) is 4.90 Å². The summed E-state index contributed by atoms with van der Waals surface area (Å²) in [6, 6.07) is -0.286. The van der Waals surface area contributed by atoms with Gasteiger partial charge in [0.05, 0.1) is 6.04 Å². The predicted octanol–water partition coefficient (Wildman–Crippen LogP) is 2.25. The monoisotopic (exact) mass is 213 g/mol. The van der Waals surface area contributed by atoms with Crippen LogP contribution in [0.5, 0.6) is 0 Å². The highest BCUT2D eigenvalue weighted by atomic mass is 16.2. The van der Waals surface area contributed by atoms with Gasteiger partial charge in [0.25, 0.3) is 0 Å². The molecule has 88 valence electrons. The van der Waals surface area contributed by atoms with Crippen LogP contribution in [-0.4, -0.2) is 29.2 Å². The van der Waals surface area contributed by atoms with Gasteiger partial charge >= 0.3 is 0 Å². The molecule has 0 bridgehead atoms. The van der Waals surface area contributed by atoms with Crippen LogP contribution in [0, 0.1) is 5.92 Å². The molecule has 0 saturated carbocycles. The van der Waals surface area contributed by atoms with E-state index in [9.17, 15) is 9.59 Å². The molecule has 0 aromatic carbocycles. The number of ketones is 1. The number of amides is 1. The van der Waals surface area contributed by atoms with E-state index in [0.717, 1.165) is 12.8 Å². The van der Waals surface area contributed by atoms with E-state index in [1.165, 1.54) is 6.92 Å². The number of carbonyl (C=O) groups is 2. The van der Waals surface area contributed by atoms with Crippen molar-refractivity contribution in [2.24, 2.45) is 5.92 Å². The van der Waals surface area contributed by atoms with Gasteiger partial charge < -0.3 is 4.90 Å². The zero-order chi connectivity index (χ0) is 12.0. The SMILES string of the molecule is CCCN(C(=O)C(C)CC)C(C)C(C)=O. The van der Waals surface area contributed by atoms with Gasteiger partial charge in [0, 0.05) is 12.5 Å². The summed E-state index contributed by atoms with van der Waals surface area (Å²) in [7, 11) is 0. The van der Waals surface area contributed by atoms with Gasteiger partial charge in [-0.05, 0) is 26.7 Å². The topological polar surface area (TPSA) is 37.4 Å². The van der Waals surface area contributed by atoms with Crippen LogP contribution >= 0.6 is 0 Å². The second kappa shape index (κ2) is 6.59. The van der Waals surface area contributed by atoms with E-state index in [1.807, 2.05) is 20.8 Å². The maximum Gasteiger partial charge on any atom is 0.225 e. The lowest BCUT2D eigenvalue weighted by Crippen LogP contribution is -2.45. The fraction of sp³-hybridized carbons (Fsp3) is 0.833. The van der Waals surface area contributed by atoms with Gasteiger partial charge in [0.1, 0.15) is 0 Å². The van der Waals surface area contributed by atoms with Crippen LogP contribution in [0.4, 0.5) is 0 Å². The van der Waals surface area contributed by atoms with Crippen molar-refractivity contribution in [1.29, 1.82) is 0 Å². The number of carbonyl (C=O) groups excluding carboxylic acids is 2. The van der Waals surface area contributed by atoms with Gasteiger partial charge in [-0.3, -0.25) is 9.59 Å². The normalized spacial score (nSPS) is 14.5. The van der Waals surface area contributed by atoms with E-state index in [4.69, 9.17) is 0 Å². The Kier molecular flexibility index (Phi) is 6.21. The molecule has 2 unspecified atom stereocenters. The van der Waals surface area contributed by atoms with Crippen LogP contribution in [-0.2, 0) is 9.59 Å². The molecule has 0 aromatic heterocycles. The largest absolute Gasteiger partial charge is 0.333 e. The van der Waals surface area contributed by atoms with Crippen LogP contribution < -0.4 is 0 Å². The Morgan fingerprint density at radius 2 is 1.73 bits per heavy atom. The molecule has 3 heteroatoms. The molecule has 0 spiro atoms. The van der Waals surface area contributed by atoms with Crippen molar-refractivity contribution in [3.8, 4) is 0 Å². The minimum Gasteiger partial charge on any atom is -0.333 e. The number of Topliss-reactive ketones (excluding diaryl/α,β-unsaturated/α-hetero) is 1. The van der Waals surface area contributed by atoms with E-state index in [2.05, 4.69) is 0 Å². The summed E-state index contributed by atoms with van der Waals surface area (Å²) in [5.41, 5.74) is 0. The Morgan fingerprint density at radius 1 is 1.20 bits per heavy atom. The summed E-state index contributed by atoms with van der Waals surface area (Å²) in [5.74, 6) is 0.167. The maximum atomic E-state index is 12.0. The molecule has 0 aliphatic rings. The molecular weight excluding hydrogens is 190 g/mol. The zero-order valence-corrected chi connectivity index (χ0v) is 10.5. The Labute approximate surface area is 92.8 Å². The molecule has 0 radical (unpaired) electrons. The average molecular weight is 213 g/mol. The van der Waals surface area contributed by atoms with Crippen molar-refractivity contribution < 1.29 is 9.59 Å². The Balaban J connectivity index is 4.64. The minimum atomic E-state index is -0.286. The summed E-state index contributed by atoms with van der Waals surface area (Å²) in [4.78, 5) is 25.0. The second-order valence-corrected chi connectivity index (χ2v) is 4.13.